The van der Waals surface area contributed by atoms with Crippen LogP contribution >= 0.6 is 0 Å². The van der Waals surface area contributed by atoms with Crippen LogP contribution in [-0.4, -0.2) is 38.7 Å². The Labute approximate surface area is 171 Å². The van der Waals surface area contributed by atoms with Gasteiger partial charge < -0.3 is 16.2 Å². The first-order valence-electron chi connectivity index (χ1n) is 9.33. The maximum atomic E-state index is 14.2. The van der Waals surface area contributed by atoms with Crippen LogP contribution in [0.3, 0.4) is 0 Å². The number of anilines is 1. The predicted molar refractivity (Wildman–Crippen MR) is 106 cm³/mol. The van der Waals surface area contributed by atoms with Crippen LogP contribution in [0.25, 0.3) is 11.1 Å². The van der Waals surface area contributed by atoms with Crippen molar-refractivity contribution in [3.05, 3.63) is 65.9 Å². The molecule has 3 aromatic rings. The van der Waals surface area contributed by atoms with Gasteiger partial charge in [-0.25, -0.2) is 13.8 Å². The summed E-state index contributed by atoms with van der Waals surface area (Å²) < 4.78 is 27.9. The molecule has 0 atom stereocenters. The average molecular weight is 411 g/mol. The number of pyridine rings is 1. The van der Waals surface area contributed by atoms with Gasteiger partial charge in [0.2, 0.25) is 17.7 Å². The van der Waals surface area contributed by atoms with Crippen molar-refractivity contribution in [2.45, 2.75) is 24.4 Å². The van der Waals surface area contributed by atoms with E-state index in [1.54, 1.807) is 18.2 Å². The van der Waals surface area contributed by atoms with Crippen molar-refractivity contribution in [2.24, 2.45) is 5.73 Å². The van der Waals surface area contributed by atoms with Crippen molar-refractivity contribution >= 4 is 11.9 Å². The van der Waals surface area contributed by atoms with Crippen LogP contribution in [0.4, 0.5) is 14.7 Å². The van der Waals surface area contributed by atoms with Gasteiger partial charge in [-0.3, -0.25) is 9.78 Å². The molecule has 2 heterocycles. The molecule has 1 saturated carbocycles. The van der Waals surface area contributed by atoms with Crippen LogP contribution in [0.15, 0.2) is 48.8 Å². The van der Waals surface area contributed by atoms with E-state index in [9.17, 15) is 18.7 Å². The van der Waals surface area contributed by atoms with Gasteiger partial charge >= 0.3 is 0 Å². The van der Waals surface area contributed by atoms with Crippen LogP contribution in [-0.2, 0) is 5.41 Å². The summed E-state index contributed by atoms with van der Waals surface area (Å²) in [5.74, 6) is -1.27. The van der Waals surface area contributed by atoms with Crippen LogP contribution in [0.5, 0.6) is 5.88 Å². The number of rotatable bonds is 6. The maximum absolute atomic E-state index is 14.2. The molecular weight excluding hydrogens is 392 g/mol. The average Bonchev–Trinajstić information content (AvgIpc) is 2.71. The van der Waals surface area contributed by atoms with Gasteiger partial charge in [0.15, 0.2) is 0 Å². The van der Waals surface area contributed by atoms with Gasteiger partial charge in [0.25, 0.3) is 0 Å². The highest BCUT2D eigenvalue weighted by molar-refractivity contribution is 5.94. The lowest BCUT2D eigenvalue weighted by Gasteiger charge is -2.43. The summed E-state index contributed by atoms with van der Waals surface area (Å²) >= 11 is 0. The molecule has 154 valence electrons. The molecule has 7 nitrogen and oxygen atoms in total. The van der Waals surface area contributed by atoms with E-state index in [1.807, 2.05) is 0 Å². The third-order valence-electron chi connectivity index (χ3n) is 5.30. The number of carbonyl (C=O) groups excluding carboxylic acids is 1. The van der Waals surface area contributed by atoms with E-state index in [2.05, 4.69) is 20.3 Å². The van der Waals surface area contributed by atoms with E-state index in [1.165, 1.54) is 30.6 Å². The number of halogens is 2. The second-order valence-corrected chi connectivity index (χ2v) is 7.35. The molecule has 0 spiro atoms. The fourth-order valence-electron chi connectivity index (χ4n) is 3.74. The first-order chi connectivity index (χ1) is 14.4. The van der Waals surface area contributed by atoms with Crippen molar-refractivity contribution < 1.29 is 18.7 Å². The number of aromatic hydroxyl groups is 1. The van der Waals surface area contributed by atoms with Crippen molar-refractivity contribution in [1.82, 2.24) is 15.0 Å². The minimum absolute atomic E-state index is 0.111. The number of nitrogens with one attached hydrogen (secondary N) is 1. The highest BCUT2D eigenvalue weighted by Crippen LogP contribution is 2.45. The minimum Gasteiger partial charge on any atom is -0.493 e. The Bertz CT molecular complexity index is 1100. The van der Waals surface area contributed by atoms with Crippen LogP contribution in [0, 0.1) is 5.82 Å². The fraction of sp³-hybridized carbons (Fsp3) is 0.238. The van der Waals surface area contributed by atoms with E-state index in [0.29, 0.717) is 16.7 Å². The Kier molecular flexibility index (Phi) is 5.03. The number of alkyl halides is 1. The Morgan fingerprint density at radius 2 is 2.07 bits per heavy atom. The van der Waals surface area contributed by atoms with Crippen molar-refractivity contribution in [3.63, 3.8) is 0 Å². The summed E-state index contributed by atoms with van der Waals surface area (Å²) in [5.41, 5.74) is 5.83. The second kappa shape index (κ2) is 7.66. The SMILES string of the molecule is NC(=O)c1cccc(-c2cnc(NC[C@]3(c4ncccc4F)C[C@H](F)C3)nc2O)c1. The van der Waals surface area contributed by atoms with E-state index in [-0.39, 0.29) is 36.9 Å². The van der Waals surface area contributed by atoms with Crippen LogP contribution in [0.2, 0.25) is 0 Å². The Balaban J connectivity index is 1.55. The molecule has 0 unspecified atom stereocenters. The zero-order chi connectivity index (χ0) is 21.3. The number of nitrogens with two attached hydrogens (primary N) is 1. The zero-order valence-corrected chi connectivity index (χ0v) is 15.8. The smallest absolute Gasteiger partial charge is 0.248 e. The summed E-state index contributed by atoms with van der Waals surface area (Å²) in [5, 5.41) is 13.3. The topological polar surface area (TPSA) is 114 Å². The molecule has 0 radical (unpaired) electrons. The van der Waals surface area contributed by atoms with Gasteiger partial charge in [-0.15, -0.1) is 0 Å². The molecule has 1 aliphatic rings. The highest BCUT2D eigenvalue weighted by atomic mass is 19.1. The van der Waals surface area contributed by atoms with Crippen molar-refractivity contribution in [1.29, 1.82) is 0 Å². The molecule has 4 rings (SSSR count). The van der Waals surface area contributed by atoms with E-state index in [4.69, 9.17) is 5.73 Å². The van der Waals surface area contributed by atoms with E-state index < -0.39 is 23.3 Å². The summed E-state index contributed by atoms with van der Waals surface area (Å²) in [6.07, 6.45) is 2.12. The molecule has 0 bridgehead atoms. The summed E-state index contributed by atoms with van der Waals surface area (Å²) in [4.78, 5) is 23.7. The molecule has 1 aliphatic carbocycles. The first-order valence-corrected chi connectivity index (χ1v) is 9.33. The third kappa shape index (κ3) is 3.66. The number of aromatic nitrogens is 3. The molecule has 2 aromatic heterocycles. The van der Waals surface area contributed by atoms with Gasteiger partial charge in [-0.1, -0.05) is 12.1 Å². The predicted octanol–water partition coefficient (Wildman–Crippen LogP) is 2.96. The molecular formula is C21H19F2N5O2. The van der Waals surface area contributed by atoms with E-state index >= 15 is 0 Å². The molecule has 1 amide bonds. The van der Waals surface area contributed by atoms with Gasteiger partial charge in [-0.05, 0) is 42.7 Å². The number of nitrogens with zero attached hydrogens (tertiary/aromatic N) is 3. The lowest BCUT2D eigenvalue weighted by atomic mass is 9.65. The van der Waals surface area contributed by atoms with Gasteiger partial charge in [-0.2, -0.15) is 4.98 Å². The molecule has 0 saturated heterocycles. The van der Waals surface area contributed by atoms with Crippen molar-refractivity contribution in [3.8, 4) is 17.0 Å². The monoisotopic (exact) mass is 411 g/mol. The summed E-state index contributed by atoms with van der Waals surface area (Å²) in [6.45, 7) is 0.164. The Hall–Kier alpha value is -3.62. The quantitative estimate of drug-likeness (QED) is 0.575. The molecule has 9 heteroatoms. The largest absolute Gasteiger partial charge is 0.493 e. The van der Waals surface area contributed by atoms with E-state index in [0.717, 1.165) is 0 Å². The van der Waals surface area contributed by atoms with Gasteiger partial charge in [0.05, 0.1) is 11.3 Å². The molecule has 0 aliphatic heterocycles. The van der Waals surface area contributed by atoms with Gasteiger partial charge in [0, 0.05) is 29.9 Å². The van der Waals surface area contributed by atoms with Crippen LogP contribution < -0.4 is 11.1 Å². The zero-order valence-electron chi connectivity index (χ0n) is 15.8. The number of primary amides is 1. The molecule has 30 heavy (non-hydrogen) atoms. The number of carbonyl (C=O) groups is 1. The first kappa shape index (κ1) is 19.7. The normalized spacial score (nSPS) is 20.4. The standard InChI is InChI=1S/C21H19F2N5O2/c22-14-8-21(9-14,17-16(23)5-2-6-25-17)11-27-20-26-10-15(19(30)28-20)12-3-1-4-13(7-12)18(24)29/h1-7,10,14H,8-9,11H2,(H2,24,29)(H2,26,27,28,30)/t14-,21-. The number of benzene rings is 1. The fourth-order valence-corrected chi connectivity index (χ4v) is 3.74. The van der Waals surface area contributed by atoms with Gasteiger partial charge in [0.1, 0.15) is 12.0 Å². The summed E-state index contributed by atoms with van der Waals surface area (Å²) in [6, 6.07) is 9.20. The van der Waals surface area contributed by atoms with Crippen molar-refractivity contribution in [2.75, 3.05) is 11.9 Å². The minimum atomic E-state index is -1.03. The Morgan fingerprint density at radius 1 is 1.27 bits per heavy atom. The second-order valence-electron chi connectivity index (χ2n) is 7.35. The number of hydrogen-bond donors (Lipinski definition) is 3. The molecule has 4 N–H and O–H groups in total. The third-order valence-corrected chi connectivity index (χ3v) is 5.30. The molecule has 1 aromatic carbocycles. The lowest BCUT2D eigenvalue weighted by molar-refractivity contribution is 0.0963. The summed E-state index contributed by atoms with van der Waals surface area (Å²) in [7, 11) is 0. The number of amides is 1. The maximum Gasteiger partial charge on any atom is 0.248 e. The Morgan fingerprint density at radius 3 is 2.73 bits per heavy atom. The molecule has 1 fully saturated rings. The lowest BCUT2D eigenvalue weighted by Crippen LogP contribution is -2.49. The highest BCUT2D eigenvalue weighted by Gasteiger charge is 2.48. The van der Waals surface area contributed by atoms with Crippen LogP contribution in [0.1, 0.15) is 28.9 Å². The number of hydrogen-bond acceptors (Lipinski definition) is 6.